The van der Waals surface area contributed by atoms with Gasteiger partial charge in [0.05, 0.1) is 5.54 Å². The summed E-state index contributed by atoms with van der Waals surface area (Å²) in [6.07, 6.45) is 8.50. The van der Waals surface area contributed by atoms with E-state index >= 15 is 0 Å². The van der Waals surface area contributed by atoms with E-state index in [2.05, 4.69) is 6.58 Å². The van der Waals surface area contributed by atoms with Crippen LogP contribution in [0.3, 0.4) is 0 Å². The first kappa shape index (κ1) is 17.0. The van der Waals surface area contributed by atoms with E-state index in [1.54, 1.807) is 6.07 Å². The molecule has 1 saturated carbocycles. The van der Waals surface area contributed by atoms with E-state index in [1.807, 2.05) is 45.1 Å². The van der Waals surface area contributed by atoms with Crippen molar-refractivity contribution in [3.05, 3.63) is 59.4 Å². The maximum absolute atomic E-state index is 14.0. The largest absolute Gasteiger partial charge is 0.318 e. The second kappa shape index (κ2) is 6.78. The molecule has 1 unspecified atom stereocenters. The lowest BCUT2D eigenvalue weighted by Gasteiger charge is -2.32. The molecule has 0 aliphatic heterocycles. The lowest BCUT2D eigenvalue weighted by atomic mass is 9.78. The van der Waals surface area contributed by atoms with Crippen LogP contribution in [0, 0.1) is 11.7 Å². The second-order valence-corrected chi connectivity index (χ2v) is 6.79. The van der Waals surface area contributed by atoms with Crippen molar-refractivity contribution in [1.82, 2.24) is 0 Å². The van der Waals surface area contributed by atoms with Crippen molar-refractivity contribution in [3.63, 3.8) is 0 Å². The Kier molecular flexibility index (Phi) is 5.23. The Morgan fingerprint density at radius 2 is 2.14 bits per heavy atom. The van der Waals surface area contributed by atoms with Crippen molar-refractivity contribution >= 4 is 0 Å². The minimum atomic E-state index is -0.573. The number of rotatable bonds is 7. The first-order valence-corrected chi connectivity index (χ1v) is 8.30. The first-order valence-electron chi connectivity index (χ1n) is 8.30. The van der Waals surface area contributed by atoms with Gasteiger partial charge in [-0.25, -0.2) is 4.39 Å². The van der Waals surface area contributed by atoms with Crippen LogP contribution < -0.4 is 5.73 Å². The molecule has 120 valence electrons. The third-order valence-electron chi connectivity index (χ3n) is 4.82. The molecule has 22 heavy (non-hydrogen) atoms. The molecular weight excluding hydrogens is 273 g/mol. The zero-order valence-corrected chi connectivity index (χ0v) is 14.0. The highest BCUT2D eigenvalue weighted by Crippen LogP contribution is 2.40. The lowest BCUT2D eigenvalue weighted by Crippen LogP contribution is -2.38. The fourth-order valence-corrected chi connectivity index (χ4v) is 3.11. The maximum atomic E-state index is 14.0. The Bertz CT molecular complexity index is 569. The average Bonchev–Trinajstić information content (AvgIpc) is 3.30. The Hall–Kier alpha value is -1.41. The summed E-state index contributed by atoms with van der Waals surface area (Å²) in [4.78, 5) is 0. The van der Waals surface area contributed by atoms with Crippen molar-refractivity contribution in [2.24, 2.45) is 11.7 Å². The molecule has 1 aromatic rings. The van der Waals surface area contributed by atoms with Crippen molar-refractivity contribution in [2.75, 3.05) is 0 Å². The lowest BCUT2D eigenvalue weighted by molar-refractivity contribution is 0.452. The van der Waals surface area contributed by atoms with E-state index in [4.69, 9.17) is 5.73 Å². The van der Waals surface area contributed by atoms with Gasteiger partial charge in [-0.3, -0.25) is 0 Å². The first-order chi connectivity index (χ1) is 10.4. The van der Waals surface area contributed by atoms with Crippen molar-refractivity contribution in [3.8, 4) is 0 Å². The Balaban J connectivity index is 2.43. The Labute approximate surface area is 134 Å². The molecule has 1 aliphatic carbocycles. The standard InChI is InChI=1S/C20H28FN/c1-5-16(6-2)20(22,12-11-15-7-8-15)17-9-10-19(21)18(13-17)14(3)4/h5-6,9-10,13-15H,1,7-8,11-12,22H2,2-4H3/b16-6+. The van der Waals surface area contributed by atoms with E-state index in [-0.39, 0.29) is 11.7 Å². The SMILES string of the molecule is C=C/C(=C\C)C(N)(CCC1CC1)c1ccc(F)c(C(C)C)c1. The van der Waals surface area contributed by atoms with Gasteiger partial charge in [0.25, 0.3) is 0 Å². The average molecular weight is 301 g/mol. The number of hydrogen-bond donors (Lipinski definition) is 1. The minimum Gasteiger partial charge on any atom is -0.318 e. The minimum absolute atomic E-state index is 0.144. The molecule has 1 aromatic carbocycles. The molecule has 0 spiro atoms. The van der Waals surface area contributed by atoms with E-state index in [0.29, 0.717) is 0 Å². The topological polar surface area (TPSA) is 26.0 Å². The van der Waals surface area contributed by atoms with Gasteiger partial charge in [0.2, 0.25) is 0 Å². The van der Waals surface area contributed by atoms with Crippen LogP contribution >= 0.6 is 0 Å². The van der Waals surface area contributed by atoms with Gasteiger partial charge in [-0.15, -0.1) is 0 Å². The molecule has 0 saturated heterocycles. The summed E-state index contributed by atoms with van der Waals surface area (Å²) in [5, 5.41) is 0. The van der Waals surface area contributed by atoms with Gasteiger partial charge in [0.15, 0.2) is 0 Å². The number of nitrogens with two attached hydrogens (primary N) is 1. The molecule has 0 bridgehead atoms. The van der Waals surface area contributed by atoms with Crippen LogP contribution in [0.2, 0.25) is 0 Å². The van der Waals surface area contributed by atoms with Crippen LogP contribution in [0.1, 0.15) is 63.5 Å². The molecule has 2 N–H and O–H groups in total. The summed E-state index contributed by atoms with van der Waals surface area (Å²) in [5.74, 6) is 0.810. The van der Waals surface area contributed by atoms with E-state index in [9.17, 15) is 4.39 Å². The predicted octanol–water partition coefficient (Wildman–Crippen LogP) is 5.43. The normalized spacial score (nSPS) is 18.4. The van der Waals surface area contributed by atoms with Gasteiger partial charge in [0, 0.05) is 0 Å². The third-order valence-corrected chi connectivity index (χ3v) is 4.82. The summed E-state index contributed by atoms with van der Waals surface area (Å²) < 4.78 is 14.0. The highest BCUT2D eigenvalue weighted by molar-refractivity contribution is 5.42. The molecule has 1 aliphatic rings. The molecule has 2 rings (SSSR count). The van der Waals surface area contributed by atoms with Gasteiger partial charge in [-0.05, 0) is 54.4 Å². The van der Waals surface area contributed by atoms with Gasteiger partial charge < -0.3 is 5.73 Å². The fraction of sp³-hybridized carbons (Fsp3) is 0.500. The Morgan fingerprint density at radius 1 is 1.45 bits per heavy atom. The monoisotopic (exact) mass is 301 g/mol. The summed E-state index contributed by atoms with van der Waals surface area (Å²) >= 11 is 0. The molecule has 0 heterocycles. The second-order valence-electron chi connectivity index (χ2n) is 6.79. The number of benzene rings is 1. The maximum Gasteiger partial charge on any atom is 0.126 e. The van der Waals surface area contributed by atoms with Crippen LogP contribution in [0.5, 0.6) is 0 Å². The number of hydrogen-bond acceptors (Lipinski definition) is 1. The van der Waals surface area contributed by atoms with Gasteiger partial charge >= 0.3 is 0 Å². The van der Waals surface area contributed by atoms with E-state index in [1.165, 1.54) is 12.8 Å². The predicted molar refractivity (Wildman–Crippen MR) is 92.3 cm³/mol. The highest BCUT2D eigenvalue weighted by atomic mass is 19.1. The van der Waals surface area contributed by atoms with Crippen LogP contribution in [0.15, 0.2) is 42.5 Å². The zero-order valence-electron chi connectivity index (χ0n) is 14.0. The smallest absolute Gasteiger partial charge is 0.126 e. The summed E-state index contributed by atoms with van der Waals surface area (Å²) in [5.41, 5.74) is 8.99. The van der Waals surface area contributed by atoms with E-state index in [0.717, 1.165) is 35.5 Å². The van der Waals surface area contributed by atoms with E-state index < -0.39 is 5.54 Å². The number of halogens is 1. The van der Waals surface area contributed by atoms with Gasteiger partial charge in [-0.2, -0.15) is 0 Å². The van der Waals surface area contributed by atoms with Crippen molar-refractivity contribution < 1.29 is 4.39 Å². The summed E-state index contributed by atoms with van der Waals surface area (Å²) in [7, 11) is 0. The molecule has 2 heteroatoms. The van der Waals surface area contributed by atoms with Crippen LogP contribution in [-0.2, 0) is 5.54 Å². The highest BCUT2D eigenvalue weighted by Gasteiger charge is 2.33. The van der Waals surface area contributed by atoms with Crippen molar-refractivity contribution in [2.45, 2.75) is 57.9 Å². The molecule has 1 atom stereocenters. The quantitative estimate of drug-likeness (QED) is 0.668. The molecule has 1 fully saturated rings. The summed E-state index contributed by atoms with van der Waals surface area (Å²) in [6, 6.07) is 5.33. The summed E-state index contributed by atoms with van der Waals surface area (Å²) in [6.45, 7) is 9.92. The molecule has 0 aromatic heterocycles. The molecular formula is C20H28FN. The molecule has 1 nitrogen and oxygen atoms in total. The third kappa shape index (κ3) is 3.49. The van der Waals surface area contributed by atoms with Crippen LogP contribution in [-0.4, -0.2) is 0 Å². The van der Waals surface area contributed by atoms with Crippen LogP contribution in [0.25, 0.3) is 0 Å². The fourth-order valence-electron chi connectivity index (χ4n) is 3.11. The molecule has 0 radical (unpaired) electrons. The van der Waals surface area contributed by atoms with Crippen molar-refractivity contribution in [1.29, 1.82) is 0 Å². The Morgan fingerprint density at radius 3 is 2.64 bits per heavy atom. The van der Waals surface area contributed by atoms with Gasteiger partial charge in [-0.1, -0.05) is 57.6 Å². The molecule has 0 amide bonds. The number of allylic oxidation sites excluding steroid dienone is 1. The van der Waals surface area contributed by atoms with Gasteiger partial charge in [0.1, 0.15) is 5.82 Å². The zero-order chi connectivity index (χ0) is 16.3. The van der Waals surface area contributed by atoms with Crippen LogP contribution in [0.4, 0.5) is 4.39 Å².